The summed E-state index contributed by atoms with van der Waals surface area (Å²) in [7, 11) is 0. The molecule has 3 N–H and O–H groups in total. The quantitative estimate of drug-likeness (QED) is 0.666. The molecule has 2 unspecified atom stereocenters. The Balaban J connectivity index is 1.56. The Bertz CT molecular complexity index is 1130. The summed E-state index contributed by atoms with van der Waals surface area (Å²) in [4.78, 5) is 26.9. The van der Waals surface area contributed by atoms with Gasteiger partial charge in [0.05, 0.1) is 24.0 Å². The average molecular weight is 444 g/mol. The molecule has 0 saturated heterocycles. The van der Waals surface area contributed by atoms with Crippen molar-refractivity contribution in [1.82, 2.24) is 20.0 Å². The van der Waals surface area contributed by atoms with Crippen LogP contribution in [0.1, 0.15) is 40.7 Å². The van der Waals surface area contributed by atoms with E-state index in [0.717, 1.165) is 12.1 Å². The predicted octanol–water partition coefficient (Wildman–Crippen LogP) is 1.75. The lowest BCUT2D eigenvalue weighted by Crippen LogP contribution is -2.40. The molecule has 2 atom stereocenters. The van der Waals surface area contributed by atoms with E-state index in [-0.39, 0.29) is 30.6 Å². The lowest BCUT2D eigenvalue weighted by molar-refractivity contribution is 0.0867. The first-order valence-corrected chi connectivity index (χ1v) is 10.3. The maximum absolute atomic E-state index is 14.3. The summed E-state index contributed by atoms with van der Waals surface area (Å²) in [6.07, 6.45) is 0.374. The van der Waals surface area contributed by atoms with Gasteiger partial charge in [-0.15, -0.1) is 0 Å². The van der Waals surface area contributed by atoms with Crippen LogP contribution in [0.25, 0.3) is 0 Å². The van der Waals surface area contributed by atoms with Crippen LogP contribution in [0, 0.1) is 28.9 Å². The Morgan fingerprint density at radius 3 is 2.97 bits per heavy atom. The van der Waals surface area contributed by atoms with E-state index in [2.05, 4.69) is 15.7 Å². The number of fused-ring (bicyclic) bond motifs is 3. The smallest absolute Gasteiger partial charge is 0.322 e. The molecule has 0 fully saturated rings. The van der Waals surface area contributed by atoms with Crippen LogP contribution in [-0.4, -0.2) is 50.9 Å². The highest BCUT2D eigenvalue weighted by Gasteiger charge is 2.34. The summed E-state index contributed by atoms with van der Waals surface area (Å²) in [5.74, 6) is -2.65. The van der Waals surface area contributed by atoms with Crippen LogP contribution in [-0.2, 0) is 19.5 Å². The number of carbonyl (C=O) groups excluding carboxylic acids is 2. The first kappa shape index (κ1) is 21.7. The number of nitrogens with zero attached hydrogens (tertiary/aromatic N) is 4. The molecule has 32 heavy (non-hydrogen) atoms. The summed E-state index contributed by atoms with van der Waals surface area (Å²) >= 11 is 0. The Morgan fingerprint density at radius 2 is 2.25 bits per heavy atom. The van der Waals surface area contributed by atoms with Gasteiger partial charge in [-0.25, -0.2) is 13.6 Å². The molecule has 0 radical (unpaired) electrons. The Morgan fingerprint density at radius 1 is 1.47 bits per heavy atom. The van der Waals surface area contributed by atoms with E-state index < -0.39 is 29.3 Å². The van der Waals surface area contributed by atoms with Crippen LogP contribution in [0.2, 0.25) is 0 Å². The van der Waals surface area contributed by atoms with Gasteiger partial charge in [0.1, 0.15) is 23.1 Å². The molecule has 3 heterocycles. The van der Waals surface area contributed by atoms with E-state index in [4.69, 9.17) is 5.26 Å². The molecule has 1 aromatic heterocycles. The number of nitriles is 1. The third-order valence-electron chi connectivity index (χ3n) is 5.94. The molecule has 0 aliphatic carbocycles. The lowest BCUT2D eigenvalue weighted by Gasteiger charge is -2.27. The van der Waals surface area contributed by atoms with Gasteiger partial charge in [0.2, 0.25) is 0 Å². The van der Waals surface area contributed by atoms with E-state index in [0.29, 0.717) is 42.9 Å². The second-order valence-electron chi connectivity index (χ2n) is 7.90. The molecule has 9 nitrogen and oxygen atoms in total. The zero-order valence-corrected chi connectivity index (χ0v) is 17.4. The minimum atomic E-state index is -1.14. The van der Waals surface area contributed by atoms with Gasteiger partial charge in [0.25, 0.3) is 5.91 Å². The molecule has 4 rings (SSSR count). The number of aliphatic hydroxyl groups is 1. The van der Waals surface area contributed by atoms with Crippen LogP contribution < -0.4 is 10.6 Å². The normalized spacial score (nSPS) is 18.7. The molecule has 0 spiro atoms. The van der Waals surface area contributed by atoms with Crippen molar-refractivity contribution in [1.29, 1.82) is 5.26 Å². The third kappa shape index (κ3) is 3.78. The number of carbonyl (C=O) groups is 2. The van der Waals surface area contributed by atoms with Gasteiger partial charge in [-0.05, 0) is 18.6 Å². The average Bonchev–Trinajstić information content (AvgIpc) is 3.06. The van der Waals surface area contributed by atoms with Crippen molar-refractivity contribution in [3.05, 3.63) is 46.3 Å². The molecule has 0 saturated carbocycles. The number of halogens is 2. The fourth-order valence-electron chi connectivity index (χ4n) is 4.12. The first-order valence-electron chi connectivity index (χ1n) is 10.3. The van der Waals surface area contributed by atoms with Crippen molar-refractivity contribution in [3.63, 3.8) is 0 Å². The summed E-state index contributed by atoms with van der Waals surface area (Å²) in [5.41, 5.74) is 0.578. The number of rotatable bonds is 3. The standard InChI is InChI=1S/C21H22F2N6O3/c1-2-17(30)11-8-25-20(31)19-13-10-28(6-5-15(13)27-29(19)9-11)21(32)26-16-4-3-14(22)12(7-24)18(16)23/h3-4,11,17,30H,2,5-6,8-10H2,1H3,(H,25,31)(H,26,32). The van der Waals surface area contributed by atoms with Crippen molar-refractivity contribution in [2.24, 2.45) is 5.92 Å². The monoisotopic (exact) mass is 444 g/mol. The lowest BCUT2D eigenvalue weighted by atomic mass is 10.0. The number of hydrogen-bond donors (Lipinski definition) is 3. The number of hydrogen-bond acceptors (Lipinski definition) is 5. The van der Waals surface area contributed by atoms with E-state index in [1.54, 1.807) is 4.68 Å². The largest absolute Gasteiger partial charge is 0.393 e. The number of aromatic nitrogens is 2. The molecule has 11 heteroatoms. The maximum Gasteiger partial charge on any atom is 0.322 e. The summed E-state index contributed by atoms with van der Waals surface area (Å²) in [5, 5.41) is 28.9. The molecular formula is C21H22F2N6O3. The van der Waals surface area contributed by atoms with Crippen LogP contribution >= 0.6 is 0 Å². The highest BCUT2D eigenvalue weighted by molar-refractivity contribution is 5.95. The highest BCUT2D eigenvalue weighted by atomic mass is 19.1. The molecule has 2 aliphatic rings. The fourth-order valence-corrected chi connectivity index (χ4v) is 4.12. The number of benzene rings is 1. The molecule has 0 bridgehead atoms. The number of nitrogens with one attached hydrogen (secondary N) is 2. The fraction of sp³-hybridized carbons (Fsp3) is 0.429. The van der Waals surface area contributed by atoms with Crippen LogP contribution in [0.5, 0.6) is 0 Å². The molecule has 2 aliphatic heterocycles. The second kappa shape index (κ2) is 8.55. The molecular weight excluding hydrogens is 422 g/mol. The van der Waals surface area contributed by atoms with Crippen molar-refractivity contribution >= 4 is 17.6 Å². The minimum absolute atomic E-state index is 0.0822. The zero-order chi connectivity index (χ0) is 23.0. The first-order chi connectivity index (χ1) is 15.3. The van der Waals surface area contributed by atoms with E-state index in [1.807, 2.05) is 6.92 Å². The Labute approximate surface area is 182 Å². The summed E-state index contributed by atoms with van der Waals surface area (Å²) < 4.78 is 29.4. The molecule has 168 valence electrons. The van der Waals surface area contributed by atoms with Crippen molar-refractivity contribution in [2.75, 3.05) is 18.4 Å². The maximum atomic E-state index is 14.3. The highest BCUT2D eigenvalue weighted by Crippen LogP contribution is 2.27. The molecule has 3 amide bonds. The summed E-state index contributed by atoms with van der Waals surface area (Å²) in [6.45, 7) is 2.93. The van der Waals surface area contributed by atoms with Crippen LogP contribution in [0.15, 0.2) is 12.1 Å². The van der Waals surface area contributed by atoms with Gasteiger partial charge < -0.3 is 20.6 Å². The number of urea groups is 1. The second-order valence-corrected chi connectivity index (χ2v) is 7.90. The number of anilines is 1. The van der Waals surface area contributed by atoms with Crippen LogP contribution in [0.4, 0.5) is 19.3 Å². The van der Waals surface area contributed by atoms with Gasteiger partial charge in [0, 0.05) is 37.5 Å². The van der Waals surface area contributed by atoms with Crippen molar-refractivity contribution in [3.8, 4) is 6.07 Å². The van der Waals surface area contributed by atoms with E-state index >= 15 is 0 Å². The van der Waals surface area contributed by atoms with Gasteiger partial charge in [-0.3, -0.25) is 9.48 Å². The molecule has 1 aromatic carbocycles. The van der Waals surface area contributed by atoms with Gasteiger partial charge in [-0.2, -0.15) is 10.4 Å². The summed E-state index contributed by atoms with van der Waals surface area (Å²) in [6, 6.07) is 2.76. The SMILES string of the molecule is CCC(O)C1CNC(=O)c2c3c(nn2C1)CCN(C(=O)Nc1ccc(F)c(C#N)c1F)C3. The van der Waals surface area contributed by atoms with E-state index in [1.165, 1.54) is 11.0 Å². The van der Waals surface area contributed by atoms with Crippen molar-refractivity contribution < 1.29 is 23.5 Å². The third-order valence-corrected chi connectivity index (χ3v) is 5.94. The zero-order valence-electron chi connectivity index (χ0n) is 17.4. The number of amides is 3. The predicted molar refractivity (Wildman–Crippen MR) is 109 cm³/mol. The number of aliphatic hydroxyl groups excluding tert-OH is 1. The Kier molecular flexibility index (Phi) is 5.80. The minimum Gasteiger partial charge on any atom is -0.393 e. The Hall–Kier alpha value is -3.52. The van der Waals surface area contributed by atoms with Crippen LogP contribution in [0.3, 0.4) is 0 Å². The van der Waals surface area contributed by atoms with E-state index in [9.17, 15) is 23.5 Å². The van der Waals surface area contributed by atoms with Gasteiger partial charge in [-0.1, -0.05) is 6.92 Å². The van der Waals surface area contributed by atoms with Crippen molar-refractivity contribution in [2.45, 2.75) is 39.0 Å². The van der Waals surface area contributed by atoms with Gasteiger partial charge in [0.15, 0.2) is 5.82 Å². The van der Waals surface area contributed by atoms with Gasteiger partial charge >= 0.3 is 6.03 Å². The molecule has 2 aromatic rings. The topological polar surface area (TPSA) is 123 Å².